The molecule has 2 rings (SSSR count). The fourth-order valence-electron chi connectivity index (χ4n) is 2.75. The van der Waals surface area contributed by atoms with Gasteiger partial charge in [0.1, 0.15) is 4.99 Å². The zero-order chi connectivity index (χ0) is 13.3. The van der Waals surface area contributed by atoms with E-state index in [0.29, 0.717) is 10.4 Å². The monoisotopic (exact) mass is 262 g/mol. The largest absolute Gasteiger partial charge is 0.389 e. The maximum atomic E-state index is 5.86. The average molecular weight is 262 g/mol. The molecule has 98 valence electrons. The Balaban J connectivity index is 2.35. The van der Waals surface area contributed by atoms with Crippen molar-refractivity contribution in [3.8, 4) is 0 Å². The summed E-state index contributed by atoms with van der Waals surface area (Å²) in [4.78, 5) is 2.93. The number of nitrogens with zero attached hydrogens (tertiary/aromatic N) is 1. The summed E-state index contributed by atoms with van der Waals surface area (Å²) in [6, 6.07) is 6.39. The van der Waals surface area contributed by atoms with Crippen molar-refractivity contribution in [2.75, 3.05) is 18.0 Å². The van der Waals surface area contributed by atoms with Crippen molar-refractivity contribution in [1.82, 2.24) is 0 Å². The molecule has 0 atom stereocenters. The number of hydrogen-bond donors (Lipinski definition) is 1. The lowest BCUT2D eigenvalue weighted by molar-refractivity contribution is 0.293. The fraction of sp³-hybridized carbons (Fsp3) is 0.533. The molecule has 18 heavy (non-hydrogen) atoms. The Hall–Kier alpha value is -1.09. The fourth-order valence-corrected chi connectivity index (χ4v) is 2.92. The standard InChI is InChI=1S/C15H22N2S/c1-11-5-6-13(12(9-11)14(16)18)17-8-4-7-15(2,3)10-17/h5-6,9H,4,7-8,10H2,1-3H3,(H2,16,18). The van der Waals surface area contributed by atoms with Gasteiger partial charge >= 0.3 is 0 Å². The van der Waals surface area contributed by atoms with Crippen LogP contribution in [-0.2, 0) is 0 Å². The van der Waals surface area contributed by atoms with Crippen molar-refractivity contribution in [3.05, 3.63) is 29.3 Å². The summed E-state index contributed by atoms with van der Waals surface area (Å²) in [6.45, 7) is 8.90. The molecule has 0 aromatic heterocycles. The third kappa shape index (κ3) is 2.83. The van der Waals surface area contributed by atoms with Gasteiger partial charge in [-0.1, -0.05) is 37.7 Å². The van der Waals surface area contributed by atoms with E-state index in [4.69, 9.17) is 18.0 Å². The predicted molar refractivity (Wildman–Crippen MR) is 82.3 cm³/mol. The number of thiocarbonyl (C=S) groups is 1. The summed E-state index contributed by atoms with van der Waals surface area (Å²) < 4.78 is 0. The molecule has 1 aliphatic heterocycles. The van der Waals surface area contributed by atoms with E-state index in [1.54, 1.807) is 0 Å². The average Bonchev–Trinajstić information content (AvgIpc) is 2.27. The summed E-state index contributed by atoms with van der Waals surface area (Å²) in [6.07, 6.45) is 2.52. The quantitative estimate of drug-likeness (QED) is 0.830. The van der Waals surface area contributed by atoms with Gasteiger partial charge in [-0.25, -0.2) is 0 Å². The first-order valence-corrected chi connectivity index (χ1v) is 6.95. The Morgan fingerprint density at radius 1 is 1.39 bits per heavy atom. The first-order chi connectivity index (χ1) is 8.39. The Labute approximate surface area is 115 Å². The molecule has 1 heterocycles. The number of benzene rings is 1. The van der Waals surface area contributed by atoms with Crippen LogP contribution in [0.3, 0.4) is 0 Å². The maximum Gasteiger partial charge on any atom is 0.106 e. The highest BCUT2D eigenvalue weighted by Crippen LogP contribution is 2.33. The Morgan fingerprint density at radius 3 is 2.72 bits per heavy atom. The van der Waals surface area contributed by atoms with E-state index in [9.17, 15) is 0 Å². The van der Waals surface area contributed by atoms with Gasteiger partial charge in [0.25, 0.3) is 0 Å². The van der Waals surface area contributed by atoms with Gasteiger partial charge in [0.05, 0.1) is 0 Å². The van der Waals surface area contributed by atoms with Crippen LogP contribution < -0.4 is 10.6 Å². The Bertz CT molecular complexity index is 466. The first-order valence-electron chi connectivity index (χ1n) is 6.54. The Morgan fingerprint density at radius 2 is 2.11 bits per heavy atom. The second-order valence-corrected chi connectivity index (χ2v) is 6.51. The molecule has 1 fully saturated rings. The van der Waals surface area contributed by atoms with E-state index in [0.717, 1.165) is 18.7 Å². The third-order valence-electron chi connectivity index (χ3n) is 3.66. The number of anilines is 1. The van der Waals surface area contributed by atoms with Crippen LogP contribution in [0.5, 0.6) is 0 Å². The topological polar surface area (TPSA) is 29.3 Å². The van der Waals surface area contributed by atoms with Crippen molar-refractivity contribution in [2.24, 2.45) is 11.1 Å². The number of rotatable bonds is 2. The molecule has 0 saturated carbocycles. The highest BCUT2D eigenvalue weighted by atomic mass is 32.1. The number of aryl methyl sites for hydroxylation is 1. The highest BCUT2D eigenvalue weighted by Gasteiger charge is 2.27. The van der Waals surface area contributed by atoms with Crippen molar-refractivity contribution >= 4 is 22.9 Å². The highest BCUT2D eigenvalue weighted by molar-refractivity contribution is 7.80. The van der Waals surface area contributed by atoms with Gasteiger partial charge in [0.15, 0.2) is 0 Å². The zero-order valence-electron chi connectivity index (χ0n) is 11.5. The minimum absolute atomic E-state index is 0.372. The third-order valence-corrected chi connectivity index (χ3v) is 3.88. The molecule has 1 aliphatic rings. The number of hydrogen-bond acceptors (Lipinski definition) is 2. The van der Waals surface area contributed by atoms with Gasteiger partial charge in [0.2, 0.25) is 0 Å². The lowest BCUT2D eigenvalue weighted by atomic mass is 9.84. The van der Waals surface area contributed by atoms with Gasteiger partial charge in [-0.15, -0.1) is 0 Å². The SMILES string of the molecule is Cc1ccc(N2CCCC(C)(C)C2)c(C(N)=S)c1. The van der Waals surface area contributed by atoms with Gasteiger partial charge in [-0.05, 0) is 37.3 Å². The normalized spacial score (nSPS) is 18.7. The van der Waals surface area contributed by atoms with Crippen LogP contribution in [0.4, 0.5) is 5.69 Å². The zero-order valence-corrected chi connectivity index (χ0v) is 12.3. The molecule has 1 aromatic carbocycles. The van der Waals surface area contributed by atoms with Crippen LogP contribution in [0.1, 0.15) is 37.8 Å². The second-order valence-electron chi connectivity index (χ2n) is 6.07. The smallest absolute Gasteiger partial charge is 0.106 e. The lowest BCUT2D eigenvalue weighted by Crippen LogP contribution is -2.41. The molecular weight excluding hydrogens is 240 g/mol. The Kier molecular flexibility index (Phi) is 3.62. The number of nitrogens with two attached hydrogens (primary N) is 1. The molecular formula is C15H22N2S. The molecule has 0 spiro atoms. The van der Waals surface area contributed by atoms with E-state index < -0.39 is 0 Å². The van der Waals surface area contributed by atoms with Crippen molar-refractivity contribution in [1.29, 1.82) is 0 Å². The summed E-state index contributed by atoms with van der Waals surface area (Å²) in [5.74, 6) is 0. The maximum absolute atomic E-state index is 5.86. The van der Waals surface area contributed by atoms with E-state index >= 15 is 0 Å². The van der Waals surface area contributed by atoms with Crippen LogP contribution in [0.2, 0.25) is 0 Å². The molecule has 3 heteroatoms. The predicted octanol–water partition coefficient (Wildman–Crippen LogP) is 3.26. The van der Waals surface area contributed by atoms with E-state index in [-0.39, 0.29) is 0 Å². The molecule has 2 nitrogen and oxygen atoms in total. The molecule has 1 saturated heterocycles. The van der Waals surface area contributed by atoms with Gasteiger partial charge in [0, 0.05) is 24.3 Å². The van der Waals surface area contributed by atoms with Crippen LogP contribution >= 0.6 is 12.2 Å². The van der Waals surface area contributed by atoms with Crippen LogP contribution in [0.15, 0.2) is 18.2 Å². The van der Waals surface area contributed by atoms with E-state index in [2.05, 4.69) is 43.9 Å². The van der Waals surface area contributed by atoms with Crippen LogP contribution in [-0.4, -0.2) is 18.1 Å². The van der Waals surface area contributed by atoms with Gasteiger partial charge in [-0.2, -0.15) is 0 Å². The minimum atomic E-state index is 0.372. The number of piperidine rings is 1. The van der Waals surface area contributed by atoms with Crippen molar-refractivity contribution in [3.63, 3.8) is 0 Å². The summed E-state index contributed by atoms with van der Waals surface area (Å²) in [5.41, 5.74) is 9.65. The van der Waals surface area contributed by atoms with Gasteiger partial charge in [-0.3, -0.25) is 0 Å². The summed E-state index contributed by atoms with van der Waals surface area (Å²) in [7, 11) is 0. The molecule has 0 aliphatic carbocycles. The second kappa shape index (κ2) is 4.88. The lowest BCUT2D eigenvalue weighted by Gasteiger charge is -2.40. The summed E-state index contributed by atoms with van der Waals surface area (Å²) in [5, 5.41) is 0. The van der Waals surface area contributed by atoms with E-state index in [1.165, 1.54) is 24.1 Å². The first kappa shape index (κ1) is 13.3. The van der Waals surface area contributed by atoms with E-state index in [1.807, 2.05) is 0 Å². The van der Waals surface area contributed by atoms with Crippen molar-refractivity contribution < 1.29 is 0 Å². The molecule has 0 bridgehead atoms. The molecule has 0 unspecified atom stereocenters. The summed E-state index contributed by atoms with van der Waals surface area (Å²) >= 11 is 5.19. The van der Waals surface area contributed by atoms with Crippen LogP contribution in [0.25, 0.3) is 0 Å². The molecule has 1 aromatic rings. The minimum Gasteiger partial charge on any atom is -0.389 e. The molecule has 0 radical (unpaired) electrons. The van der Waals surface area contributed by atoms with Crippen molar-refractivity contribution in [2.45, 2.75) is 33.6 Å². The van der Waals surface area contributed by atoms with Crippen LogP contribution in [0, 0.1) is 12.3 Å². The molecule has 0 amide bonds. The molecule has 2 N–H and O–H groups in total. The van der Waals surface area contributed by atoms with Gasteiger partial charge < -0.3 is 10.6 Å².